The van der Waals surface area contributed by atoms with Crippen molar-refractivity contribution in [1.29, 1.82) is 0 Å². The SMILES string of the molecule is CCOC(=O)N1CCC(NC)C1. The summed E-state index contributed by atoms with van der Waals surface area (Å²) in [6.07, 6.45) is 0.838. The minimum Gasteiger partial charge on any atom is -0.450 e. The zero-order chi connectivity index (χ0) is 8.97. The number of ether oxygens (including phenoxy) is 1. The summed E-state index contributed by atoms with van der Waals surface area (Å²) in [5.74, 6) is 0. The molecule has 0 bridgehead atoms. The lowest BCUT2D eigenvalue weighted by molar-refractivity contribution is 0.115. The van der Waals surface area contributed by atoms with Gasteiger partial charge >= 0.3 is 6.09 Å². The molecule has 0 spiro atoms. The molecule has 1 unspecified atom stereocenters. The minimum atomic E-state index is -0.185. The maximum absolute atomic E-state index is 11.2. The number of likely N-dealkylation sites (N-methyl/N-ethyl adjacent to an activating group) is 1. The molecule has 4 heteroatoms. The van der Waals surface area contributed by atoms with E-state index in [0.29, 0.717) is 12.6 Å². The van der Waals surface area contributed by atoms with Crippen molar-refractivity contribution >= 4 is 6.09 Å². The molecule has 1 amide bonds. The van der Waals surface area contributed by atoms with E-state index in [4.69, 9.17) is 4.74 Å². The smallest absolute Gasteiger partial charge is 0.409 e. The highest BCUT2D eigenvalue weighted by Crippen LogP contribution is 2.09. The first-order valence-corrected chi connectivity index (χ1v) is 4.37. The number of nitrogens with zero attached hydrogens (tertiary/aromatic N) is 1. The molecule has 1 saturated heterocycles. The Morgan fingerprint density at radius 3 is 3.00 bits per heavy atom. The molecular weight excluding hydrogens is 156 g/mol. The van der Waals surface area contributed by atoms with Gasteiger partial charge < -0.3 is 15.0 Å². The lowest BCUT2D eigenvalue weighted by Crippen LogP contribution is -2.33. The van der Waals surface area contributed by atoms with Gasteiger partial charge in [-0.2, -0.15) is 0 Å². The third kappa shape index (κ3) is 2.11. The lowest BCUT2D eigenvalue weighted by atomic mass is 10.3. The summed E-state index contributed by atoms with van der Waals surface area (Å²) in [4.78, 5) is 12.9. The maximum atomic E-state index is 11.2. The second-order valence-corrected chi connectivity index (χ2v) is 2.92. The number of hydrogen-bond donors (Lipinski definition) is 1. The fourth-order valence-electron chi connectivity index (χ4n) is 1.38. The fourth-order valence-corrected chi connectivity index (χ4v) is 1.38. The van der Waals surface area contributed by atoms with Crippen LogP contribution in [0.5, 0.6) is 0 Å². The first kappa shape index (κ1) is 9.32. The van der Waals surface area contributed by atoms with Gasteiger partial charge in [0, 0.05) is 19.1 Å². The van der Waals surface area contributed by atoms with Gasteiger partial charge in [-0.05, 0) is 20.4 Å². The highest BCUT2D eigenvalue weighted by molar-refractivity contribution is 5.68. The Morgan fingerprint density at radius 2 is 2.50 bits per heavy atom. The Morgan fingerprint density at radius 1 is 1.75 bits per heavy atom. The number of carbonyl (C=O) groups is 1. The zero-order valence-corrected chi connectivity index (χ0v) is 7.67. The van der Waals surface area contributed by atoms with Gasteiger partial charge in [0.25, 0.3) is 0 Å². The third-order valence-electron chi connectivity index (χ3n) is 2.12. The molecule has 0 radical (unpaired) electrons. The molecule has 0 aliphatic carbocycles. The summed E-state index contributed by atoms with van der Waals surface area (Å²) in [5, 5.41) is 3.14. The van der Waals surface area contributed by atoms with Gasteiger partial charge in [-0.25, -0.2) is 4.79 Å². The summed E-state index contributed by atoms with van der Waals surface area (Å²) in [6.45, 7) is 3.86. The van der Waals surface area contributed by atoms with Gasteiger partial charge in [0.2, 0.25) is 0 Å². The summed E-state index contributed by atoms with van der Waals surface area (Å²) in [7, 11) is 1.92. The van der Waals surface area contributed by atoms with Crippen molar-refractivity contribution in [2.24, 2.45) is 0 Å². The molecule has 1 atom stereocenters. The highest BCUT2D eigenvalue weighted by atomic mass is 16.6. The van der Waals surface area contributed by atoms with E-state index in [-0.39, 0.29) is 6.09 Å². The Balaban J connectivity index is 2.31. The van der Waals surface area contributed by atoms with E-state index in [1.165, 1.54) is 0 Å². The molecule has 0 aromatic carbocycles. The average Bonchev–Trinajstić information content (AvgIpc) is 2.52. The van der Waals surface area contributed by atoms with Crippen LogP contribution in [-0.4, -0.2) is 43.8 Å². The number of hydrogen-bond acceptors (Lipinski definition) is 3. The predicted molar refractivity (Wildman–Crippen MR) is 46.1 cm³/mol. The molecule has 0 saturated carbocycles. The van der Waals surface area contributed by atoms with Crippen LogP contribution in [0.3, 0.4) is 0 Å². The van der Waals surface area contributed by atoms with E-state index in [2.05, 4.69) is 5.32 Å². The minimum absolute atomic E-state index is 0.185. The van der Waals surface area contributed by atoms with Crippen molar-refractivity contribution in [2.45, 2.75) is 19.4 Å². The normalized spacial score (nSPS) is 22.8. The van der Waals surface area contributed by atoms with Crippen LogP contribution in [0.15, 0.2) is 0 Å². The zero-order valence-electron chi connectivity index (χ0n) is 7.67. The van der Waals surface area contributed by atoms with Gasteiger partial charge in [0.1, 0.15) is 0 Å². The van der Waals surface area contributed by atoms with Crippen molar-refractivity contribution < 1.29 is 9.53 Å². The second kappa shape index (κ2) is 4.30. The van der Waals surface area contributed by atoms with Crippen LogP contribution in [0.4, 0.5) is 4.79 Å². The lowest BCUT2D eigenvalue weighted by Gasteiger charge is -2.15. The monoisotopic (exact) mass is 172 g/mol. The average molecular weight is 172 g/mol. The molecule has 0 aromatic rings. The first-order valence-electron chi connectivity index (χ1n) is 4.37. The van der Waals surface area contributed by atoms with E-state index in [1.54, 1.807) is 4.90 Å². The Kier molecular flexibility index (Phi) is 3.34. The van der Waals surface area contributed by atoms with E-state index in [9.17, 15) is 4.79 Å². The molecule has 70 valence electrons. The number of amides is 1. The molecular formula is C8H16N2O2. The molecule has 1 heterocycles. The molecule has 0 aromatic heterocycles. The van der Waals surface area contributed by atoms with E-state index in [0.717, 1.165) is 19.5 Å². The summed E-state index contributed by atoms with van der Waals surface area (Å²) in [6, 6.07) is 0.439. The van der Waals surface area contributed by atoms with Gasteiger partial charge in [-0.3, -0.25) is 0 Å². The van der Waals surface area contributed by atoms with Gasteiger partial charge in [-0.15, -0.1) is 0 Å². The Hall–Kier alpha value is -0.770. The maximum Gasteiger partial charge on any atom is 0.409 e. The van der Waals surface area contributed by atoms with Crippen LogP contribution in [0.25, 0.3) is 0 Å². The molecule has 1 aliphatic rings. The van der Waals surface area contributed by atoms with Crippen LogP contribution in [0, 0.1) is 0 Å². The van der Waals surface area contributed by atoms with Crippen LogP contribution in [0.1, 0.15) is 13.3 Å². The van der Waals surface area contributed by atoms with Crippen LogP contribution >= 0.6 is 0 Å². The Labute approximate surface area is 72.9 Å². The van der Waals surface area contributed by atoms with E-state index >= 15 is 0 Å². The van der Waals surface area contributed by atoms with Crippen LogP contribution < -0.4 is 5.32 Å². The topological polar surface area (TPSA) is 41.6 Å². The van der Waals surface area contributed by atoms with Gasteiger partial charge in [0.05, 0.1) is 6.61 Å². The quantitative estimate of drug-likeness (QED) is 0.657. The molecule has 1 N–H and O–H groups in total. The number of nitrogens with one attached hydrogen (secondary N) is 1. The van der Waals surface area contributed by atoms with Gasteiger partial charge in [-0.1, -0.05) is 0 Å². The predicted octanol–water partition coefficient (Wildman–Crippen LogP) is 0.437. The standard InChI is InChI=1S/C8H16N2O2/c1-3-12-8(11)10-5-4-7(6-10)9-2/h7,9H,3-6H2,1-2H3. The first-order chi connectivity index (χ1) is 5.77. The fraction of sp³-hybridized carbons (Fsp3) is 0.875. The molecule has 1 rings (SSSR count). The Bertz CT molecular complexity index is 161. The summed E-state index contributed by atoms with van der Waals surface area (Å²) >= 11 is 0. The van der Waals surface area contributed by atoms with Crippen molar-refractivity contribution in [1.82, 2.24) is 10.2 Å². The van der Waals surface area contributed by atoms with Crippen molar-refractivity contribution in [2.75, 3.05) is 26.7 Å². The summed E-state index contributed by atoms with van der Waals surface area (Å²) < 4.78 is 4.88. The second-order valence-electron chi connectivity index (χ2n) is 2.92. The summed E-state index contributed by atoms with van der Waals surface area (Å²) in [5.41, 5.74) is 0. The van der Waals surface area contributed by atoms with E-state index in [1.807, 2.05) is 14.0 Å². The molecule has 4 nitrogen and oxygen atoms in total. The third-order valence-corrected chi connectivity index (χ3v) is 2.12. The molecule has 1 fully saturated rings. The number of rotatable bonds is 2. The number of likely N-dealkylation sites (tertiary alicyclic amines) is 1. The van der Waals surface area contributed by atoms with Crippen molar-refractivity contribution in [3.05, 3.63) is 0 Å². The van der Waals surface area contributed by atoms with E-state index < -0.39 is 0 Å². The van der Waals surface area contributed by atoms with Crippen LogP contribution in [0.2, 0.25) is 0 Å². The van der Waals surface area contributed by atoms with Crippen LogP contribution in [-0.2, 0) is 4.74 Å². The molecule has 1 aliphatic heterocycles. The van der Waals surface area contributed by atoms with Crippen molar-refractivity contribution in [3.8, 4) is 0 Å². The highest BCUT2D eigenvalue weighted by Gasteiger charge is 2.25. The van der Waals surface area contributed by atoms with Crippen molar-refractivity contribution in [3.63, 3.8) is 0 Å². The largest absolute Gasteiger partial charge is 0.450 e. The number of carbonyl (C=O) groups excluding carboxylic acids is 1. The molecule has 12 heavy (non-hydrogen) atoms. The van der Waals surface area contributed by atoms with Gasteiger partial charge in [0.15, 0.2) is 0 Å².